The quantitative estimate of drug-likeness (QED) is 0.608. The average Bonchev–Trinajstić information content (AvgIpc) is 3.22. The molecule has 0 aliphatic carbocycles. The fraction of sp³-hybridized carbons (Fsp3) is 0.304. The molecule has 1 heterocycles. The molecule has 0 spiro atoms. The Balaban J connectivity index is 1.47. The van der Waals surface area contributed by atoms with E-state index < -0.39 is 0 Å². The second-order valence-corrected chi connectivity index (χ2v) is 7.11. The first-order valence-corrected chi connectivity index (χ1v) is 9.76. The molecule has 3 aromatic rings. The zero-order valence-corrected chi connectivity index (χ0v) is 17.2. The third-order valence-electron chi connectivity index (χ3n) is 5.00. The lowest BCUT2D eigenvalue weighted by molar-refractivity contribution is -0.125. The number of hydrogen-bond acceptors (Lipinski definition) is 4. The van der Waals surface area contributed by atoms with Gasteiger partial charge in [0.15, 0.2) is 0 Å². The van der Waals surface area contributed by atoms with Crippen LogP contribution in [-0.4, -0.2) is 47.3 Å². The van der Waals surface area contributed by atoms with E-state index in [4.69, 9.17) is 4.74 Å². The highest BCUT2D eigenvalue weighted by atomic mass is 16.5. The van der Waals surface area contributed by atoms with Gasteiger partial charge in [0.05, 0.1) is 25.0 Å². The van der Waals surface area contributed by atoms with E-state index in [1.807, 2.05) is 90.5 Å². The van der Waals surface area contributed by atoms with Gasteiger partial charge in [0.2, 0.25) is 5.91 Å². The summed E-state index contributed by atoms with van der Waals surface area (Å²) in [4.78, 5) is 14.5. The average molecular weight is 393 g/mol. The van der Waals surface area contributed by atoms with Gasteiger partial charge in [0, 0.05) is 24.8 Å². The van der Waals surface area contributed by atoms with Crippen LogP contribution in [0.1, 0.15) is 18.1 Å². The van der Waals surface area contributed by atoms with Crippen molar-refractivity contribution in [3.8, 4) is 11.4 Å². The summed E-state index contributed by atoms with van der Waals surface area (Å²) < 4.78 is 7.01. The summed E-state index contributed by atoms with van der Waals surface area (Å²) in [5.41, 5.74) is 3.25. The van der Waals surface area contributed by atoms with Crippen molar-refractivity contribution in [1.82, 2.24) is 20.0 Å². The molecule has 1 N–H and O–H groups in total. The monoisotopic (exact) mass is 392 g/mol. The lowest BCUT2D eigenvalue weighted by atomic mass is 10.1. The number of likely N-dealkylation sites (N-methyl/N-ethyl adjacent to an activating group) is 1. The van der Waals surface area contributed by atoms with Crippen LogP contribution in [0.4, 0.5) is 0 Å². The summed E-state index contributed by atoms with van der Waals surface area (Å²) in [6.07, 6.45) is 4.63. The highest BCUT2D eigenvalue weighted by molar-refractivity contribution is 5.81. The minimum absolute atomic E-state index is 0.0245. The normalized spacial score (nSPS) is 12.0. The molecule has 6 nitrogen and oxygen atoms in total. The first-order chi connectivity index (χ1) is 14.1. The van der Waals surface area contributed by atoms with Crippen LogP contribution >= 0.6 is 0 Å². The summed E-state index contributed by atoms with van der Waals surface area (Å²) in [6.45, 7) is 3.18. The fourth-order valence-electron chi connectivity index (χ4n) is 3.06. The van der Waals surface area contributed by atoms with Gasteiger partial charge in [-0.1, -0.05) is 30.3 Å². The Hall–Kier alpha value is -3.12. The van der Waals surface area contributed by atoms with Crippen LogP contribution in [0.2, 0.25) is 0 Å². The number of amides is 1. The number of aromatic nitrogens is 2. The van der Waals surface area contributed by atoms with E-state index in [1.54, 1.807) is 7.11 Å². The minimum Gasteiger partial charge on any atom is -0.497 e. The Morgan fingerprint density at radius 1 is 1.14 bits per heavy atom. The van der Waals surface area contributed by atoms with E-state index >= 15 is 0 Å². The second kappa shape index (κ2) is 9.89. The van der Waals surface area contributed by atoms with Gasteiger partial charge in [-0.25, -0.2) is 4.68 Å². The Bertz CT molecular complexity index is 906. The standard InChI is InChI=1S/C23H28N4O2/c1-18(23(28)24-14-13-19-9-11-22(29-3)12-10-19)26(2)16-20-15-25-27(17-20)21-7-5-4-6-8-21/h4-12,15,17-18H,13-14,16H2,1-3H3,(H,24,28). The van der Waals surface area contributed by atoms with E-state index in [1.165, 1.54) is 5.56 Å². The summed E-state index contributed by atoms with van der Waals surface area (Å²) in [5.74, 6) is 0.861. The van der Waals surface area contributed by atoms with E-state index in [0.717, 1.165) is 23.4 Å². The first kappa shape index (κ1) is 20.6. The van der Waals surface area contributed by atoms with Crippen LogP contribution < -0.4 is 10.1 Å². The van der Waals surface area contributed by atoms with Gasteiger partial charge in [-0.05, 0) is 50.2 Å². The molecular weight excluding hydrogens is 364 g/mol. The molecule has 0 radical (unpaired) electrons. The zero-order valence-electron chi connectivity index (χ0n) is 17.2. The summed E-state index contributed by atoms with van der Waals surface area (Å²) in [6, 6.07) is 17.7. The molecule has 0 bridgehead atoms. The minimum atomic E-state index is -0.231. The molecule has 1 aromatic heterocycles. The van der Waals surface area contributed by atoms with E-state index in [0.29, 0.717) is 13.1 Å². The Kier molecular flexibility index (Phi) is 7.03. The molecule has 152 valence electrons. The lowest BCUT2D eigenvalue weighted by Gasteiger charge is -2.23. The van der Waals surface area contributed by atoms with Crippen LogP contribution in [0.25, 0.3) is 5.69 Å². The molecular formula is C23H28N4O2. The van der Waals surface area contributed by atoms with Crippen molar-refractivity contribution in [1.29, 1.82) is 0 Å². The van der Waals surface area contributed by atoms with Crippen molar-refractivity contribution in [3.63, 3.8) is 0 Å². The molecule has 0 saturated carbocycles. The zero-order chi connectivity index (χ0) is 20.6. The second-order valence-electron chi connectivity index (χ2n) is 7.11. The molecule has 2 aromatic carbocycles. The number of nitrogens with one attached hydrogen (secondary N) is 1. The molecule has 1 unspecified atom stereocenters. The number of nitrogens with zero attached hydrogens (tertiary/aromatic N) is 3. The van der Waals surface area contributed by atoms with E-state index in [-0.39, 0.29) is 11.9 Å². The molecule has 0 aliphatic rings. The number of para-hydroxylation sites is 1. The molecule has 1 atom stereocenters. The predicted octanol–water partition coefficient (Wildman–Crippen LogP) is 3.06. The Morgan fingerprint density at radius 3 is 2.55 bits per heavy atom. The number of carbonyl (C=O) groups excluding carboxylic acids is 1. The number of rotatable bonds is 9. The van der Waals surface area contributed by atoms with E-state index in [2.05, 4.69) is 10.4 Å². The van der Waals surface area contributed by atoms with Crippen LogP contribution in [0.5, 0.6) is 5.75 Å². The number of ether oxygens (including phenoxy) is 1. The molecule has 0 fully saturated rings. The molecule has 3 rings (SSSR count). The highest BCUT2D eigenvalue weighted by Gasteiger charge is 2.18. The van der Waals surface area contributed by atoms with Gasteiger partial charge in [-0.2, -0.15) is 5.10 Å². The van der Waals surface area contributed by atoms with Gasteiger partial charge in [0.1, 0.15) is 5.75 Å². The molecule has 29 heavy (non-hydrogen) atoms. The first-order valence-electron chi connectivity index (χ1n) is 9.76. The van der Waals surface area contributed by atoms with Crippen LogP contribution in [0.15, 0.2) is 67.0 Å². The topological polar surface area (TPSA) is 59.4 Å². The lowest BCUT2D eigenvalue weighted by Crippen LogP contribution is -2.43. The summed E-state index contributed by atoms with van der Waals surface area (Å²) in [5, 5.41) is 7.44. The summed E-state index contributed by atoms with van der Waals surface area (Å²) in [7, 11) is 3.60. The molecule has 1 amide bonds. The van der Waals surface area contributed by atoms with Crippen LogP contribution in [0, 0.1) is 0 Å². The molecule has 0 saturated heterocycles. The fourth-order valence-corrected chi connectivity index (χ4v) is 3.06. The number of benzene rings is 2. The van der Waals surface area contributed by atoms with Crippen molar-refractivity contribution >= 4 is 5.91 Å². The Morgan fingerprint density at radius 2 is 1.86 bits per heavy atom. The Labute approximate surface area is 172 Å². The number of methoxy groups -OCH3 is 1. The molecule has 0 aliphatic heterocycles. The van der Waals surface area contributed by atoms with Crippen molar-refractivity contribution in [2.45, 2.75) is 25.9 Å². The third-order valence-corrected chi connectivity index (χ3v) is 5.00. The maximum Gasteiger partial charge on any atom is 0.237 e. The molecule has 6 heteroatoms. The van der Waals surface area contributed by atoms with Crippen LogP contribution in [-0.2, 0) is 17.8 Å². The highest BCUT2D eigenvalue weighted by Crippen LogP contribution is 2.12. The van der Waals surface area contributed by atoms with Crippen LogP contribution in [0.3, 0.4) is 0 Å². The third kappa shape index (κ3) is 5.68. The van der Waals surface area contributed by atoms with Crippen molar-refractivity contribution in [2.75, 3.05) is 20.7 Å². The maximum absolute atomic E-state index is 12.5. The number of carbonyl (C=O) groups is 1. The number of hydrogen-bond donors (Lipinski definition) is 1. The predicted molar refractivity (Wildman–Crippen MR) is 114 cm³/mol. The van der Waals surface area contributed by atoms with Gasteiger partial charge in [-0.15, -0.1) is 0 Å². The van der Waals surface area contributed by atoms with Crippen molar-refractivity contribution in [3.05, 3.63) is 78.1 Å². The van der Waals surface area contributed by atoms with E-state index in [9.17, 15) is 4.79 Å². The van der Waals surface area contributed by atoms with Gasteiger partial charge < -0.3 is 10.1 Å². The largest absolute Gasteiger partial charge is 0.497 e. The smallest absolute Gasteiger partial charge is 0.237 e. The maximum atomic E-state index is 12.5. The SMILES string of the molecule is COc1ccc(CCNC(=O)C(C)N(C)Cc2cnn(-c3ccccc3)c2)cc1. The van der Waals surface area contributed by atoms with Gasteiger partial charge >= 0.3 is 0 Å². The van der Waals surface area contributed by atoms with Gasteiger partial charge in [0.25, 0.3) is 0 Å². The van der Waals surface area contributed by atoms with Crippen molar-refractivity contribution < 1.29 is 9.53 Å². The van der Waals surface area contributed by atoms with Gasteiger partial charge in [-0.3, -0.25) is 9.69 Å². The summed E-state index contributed by atoms with van der Waals surface area (Å²) >= 11 is 0. The van der Waals surface area contributed by atoms with Crippen molar-refractivity contribution in [2.24, 2.45) is 0 Å².